The van der Waals surface area contributed by atoms with Crippen LogP contribution in [0.2, 0.25) is 0 Å². The zero-order chi connectivity index (χ0) is 12.4. The molecule has 6 nitrogen and oxygen atoms in total. The third-order valence-corrected chi connectivity index (χ3v) is 3.07. The van der Waals surface area contributed by atoms with E-state index >= 15 is 0 Å². The molecule has 94 valence electrons. The molecule has 0 saturated carbocycles. The third-order valence-electron chi connectivity index (χ3n) is 3.07. The Labute approximate surface area is 105 Å². The smallest absolute Gasteiger partial charge is 0.240 e. The molecule has 3 heterocycles. The van der Waals surface area contributed by atoms with Crippen LogP contribution in [0.4, 0.5) is 0 Å². The molecule has 0 aliphatic carbocycles. The summed E-state index contributed by atoms with van der Waals surface area (Å²) >= 11 is 0. The summed E-state index contributed by atoms with van der Waals surface area (Å²) in [5.74, 6) is 1.97. The van der Waals surface area contributed by atoms with Gasteiger partial charge in [-0.25, -0.2) is 9.97 Å². The van der Waals surface area contributed by atoms with Crippen LogP contribution in [0.15, 0.2) is 16.9 Å². The molecule has 2 aromatic rings. The molecule has 0 unspecified atom stereocenters. The van der Waals surface area contributed by atoms with Crippen molar-refractivity contribution < 1.29 is 4.52 Å². The number of rotatable bonds is 2. The number of hydrogen-bond donors (Lipinski definition) is 1. The molecule has 1 fully saturated rings. The highest BCUT2D eigenvalue weighted by Gasteiger charge is 2.22. The Morgan fingerprint density at radius 3 is 2.83 bits per heavy atom. The molecule has 1 aliphatic rings. The highest BCUT2D eigenvalue weighted by molar-refractivity contribution is 5.41. The quantitative estimate of drug-likeness (QED) is 0.859. The van der Waals surface area contributed by atoms with Gasteiger partial charge in [-0.1, -0.05) is 5.16 Å². The maximum absolute atomic E-state index is 5.31. The SMILES string of the molecule is Cc1cnc(-c2noc([C@H]3CCCNC3)n2)nc1. The van der Waals surface area contributed by atoms with Crippen molar-refractivity contribution in [3.05, 3.63) is 23.8 Å². The number of aryl methyl sites for hydroxylation is 1. The number of hydrogen-bond acceptors (Lipinski definition) is 6. The highest BCUT2D eigenvalue weighted by atomic mass is 16.5. The molecule has 2 aromatic heterocycles. The van der Waals surface area contributed by atoms with Crippen LogP contribution in [0.1, 0.15) is 30.2 Å². The van der Waals surface area contributed by atoms with E-state index in [0.29, 0.717) is 23.5 Å². The van der Waals surface area contributed by atoms with E-state index in [1.165, 1.54) is 0 Å². The minimum Gasteiger partial charge on any atom is -0.339 e. The normalized spacial score (nSPS) is 19.9. The molecule has 0 spiro atoms. The van der Waals surface area contributed by atoms with Crippen LogP contribution in [-0.4, -0.2) is 33.2 Å². The highest BCUT2D eigenvalue weighted by Crippen LogP contribution is 2.23. The standard InChI is InChI=1S/C12H15N5O/c1-8-5-14-10(15-6-8)11-16-12(18-17-11)9-3-2-4-13-7-9/h5-6,9,13H,2-4,7H2,1H3/t9-/m0/s1. The molecule has 18 heavy (non-hydrogen) atoms. The van der Waals surface area contributed by atoms with Crippen LogP contribution in [0.5, 0.6) is 0 Å². The fourth-order valence-corrected chi connectivity index (χ4v) is 2.06. The van der Waals surface area contributed by atoms with Crippen LogP contribution in [-0.2, 0) is 0 Å². The van der Waals surface area contributed by atoms with Crippen molar-refractivity contribution in [1.29, 1.82) is 0 Å². The van der Waals surface area contributed by atoms with Gasteiger partial charge in [-0.2, -0.15) is 4.98 Å². The molecule has 0 amide bonds. The van der Waals surface area contributed by atoms with Gasteiger partial charge in [0.1, 0.15) is 0 Å². The summed E-state index contributed by atoms with van der Waals surface area (Å²) in [6.07, 6.45) is 5.73. The van der Waals surface area contributed by atoms with E-state index in [9.17, 15) is 0 Å². The van der Waals surface area contributed by atoms with E-state index in [0.717, 1.165) is 31.5 Å². The first kappa shape index (κ1) is 11.3. The number of nitrogens with one attached hydrogen (secondary N) is 1. The summed E-state index contributed by atoms with van der Waals surface area (Å²) < 4.78 is 5.31. The maximum atomic E-state index is 5.31. The van der Waals surface area contributed by atoms with Gasteiger partial charge in [-0.05, 0) is 31.9 Å². The first-order chi connectivity index (χ1) is 8.83. The topological polar surface area (TPSA) is 76.7 Å². The van der Waals surface area contributed by atoms with Crippen LogP contribution in [0, 0.1) is 6.92 Å². The van der Waals surface area contributed by atoms with Gasteiger partial charge in [0.2, 0.25) is 17.5 Å². The predicted octanol–water partition coefficient (Wildman–Crippen LogP) is 1.30. The Morgan fingerprint density at radius 2 is 2.11 bits per heavy atom. The molecule has 0 radical (unpaired) electrons. The first-order valence-corrected chi connectivity index (χ1v) is 6.16. The summed E-state index contributed by atoms with van der Waals surface area (Å²) in [6, 6.07) is 0. The molecular weight excluding hydrogens is 230 g/mol. The van der Waals surface area contributed by atoms with Crippen LogP contribution in [0.25, 0.3) is 11.6 Å². The molecule has 1 N–H and O–H groups in total. The van der Waals surface area contributed by atoms with Crippen molar-refractivity contribution >= 4 is 0 Å². The third kappa shape index (κ3) is 2.24. The van der Waals surface area contributed by atoms with Crippen molar-refractivity contribution in [2.75, 3.05) is 13.1 Å². The Balaban J connectivity index is 1.82. The van der Waals surface area contributed by atoms with Crippen molar-refractivity contribution in [1.82, 2.24) is 25.4 Å². The summed E-state index contributed by atoms with van der Waals surface area (Å²) in [5, 5.41) is 7.28. The molecule has 0 bridgehead atoms. The van der Waals surface area contributed by atoms with Crippen molar-refractivity contribution in [3.8, 4) is 11.6 Å². The van der Waals surface area contributed by atoms with Gasteiger partial charge in [0.25, 0.3) is 0 Å². The second-order valence-electron chi connectivity index (χ2n) is 4.58. The second-order valence-corrected chi connectivity index (χ2v) is 4.58. The van der Waals surface area contributed by atoms with Crippen LogP contribution < -0.4 is 5.32 Å². The van der Waals surface area contributed by atoms with Gasteiger partial charge in [0.05, 0.1) is 5.92 Å². The average Bonchev–Trinajstić information content (AvgIpc) is 2.90. The lowest BCUT2D eigenvalue weighted by Gasteiger charge is -2.18. The predicted molar refractivity (Wildman–Crippen MR) is 64.9 cm³/mol. The lowest BCUT2D eigenvalue weighted by molar-refractivity contribution is 0.322. The van der Waals surface area contributed by atoms with Gasteiger partial charge in [0.15, 0.2) is 0 Å². The largest absolute Gasteiger partial charge is 0.339 e. The van der Waals surface area contributed by atoms with Crippen LogP contribution in [0.3, 0.4) is 0 Å². The molecular formula is C12H15N5O. The molecule has 0 aromatic carbocycles. The van der Waals surface area contributed by atoms with Crippen molar-refractivity contribution in [2.45, 2.75) is 25.7 Å². The monoisotopic (exact) mass is 245 g/mol. The molecule has 6 heteroatoms. The van der Waals surface area contributed by atoms with E-state index in [-0.39, 0.29) is 0 Å². The summed E-state index contributed by atoms with van der Waals surface area (Å²) in [6.45, 7) is 3.91. The minimum atomic E-state index is 0.311. The van der Waals surface area contributed by atoms with E-state index in [1.54, 1.807) is 12.4 Å². The first-order valence-electron chi connectivity index (χ1n) is 6.16. The zero-order valence-electron chi connectivity index (χ0n) is 10.3. The molecule has 1 saturated heterocycles. The summed E-state index contributed by atoms with van der Waals surface area (Å²) in [4.78, 5) is 12.8. The maximum Gasteiger partial charge on any atom is 0.240 e. The minimum absolute atomic E-state index is 0.311. The van der Waals surface area contributed by atoms with Gasteiger partial charge < -0.3 is 9.84 Å². The lowest BCUT2D eigenvalue weighted by Crippen LogP contribution is -2.28. The molecule has 1 aliphatic heterocycles. The Morgan fingerprint density at radius 1 is 1.28 bits per heavy atom. The Bertz CT molecular complexity index is 516. The van der Waals surface area contributed by atoms with Crippen molar-refractivity contribution in [2.24, 2.45) is 0 Å². The van der Waals surface area contributed by atoms with Gasteiger partial charge in [-0.3, -0.25) is 0 Å². The molecule has 3 rings (SSSR count). The van der Waals surface area contributed by atoms with Crippen molar-refractivity contribution in [3.63, 3.8) is 0 Å². The Hall–Kier alpha value is -1.82. The van der Waals surface area contributed by atoms with E-state index < -0.39 is 0 Å². The summed E-state index contributed by atoms with van der Waals surface area (Å²) in [7, 11) is 0. The Kier molecular flexibility index (Phi) is 3.02. The molecule has 1 atom stereocenters. The van der Waals surface area contributed by atoms with E-state index in [1.807, 2.05) is 6.92 Å². The number of aromatic nitrogens is 4. The fourth-order valence-electron chi connectivity index (χ4n) is 2.06. The number of nitrogens with zero attached hydrogens (tertiary/aromatic N) is 4. The fraction of sp³-hybridized carbons (Fsp3) is 0.500. The van der Waals surface area contributed by atoms with Crippen LogP contribution >= 0.6 is 0 Å². The van der Waals surface area contributed by atoms with E-state index in [2.05, 4.69) is 25.4 Å². The van der Waals surface area contributed by atoms with Gasteiger partial charge in [-0.15, -0.1) is 0 Å². The van der Waals surface area contributed by atoms with E-state index in [4.69, 9.17) is 4.52 Å². The second kappa shape index (κ2) is 4.81. The number of piperidine rings is 1. The van der Waals surface area contributed by atoms with Gasteiger partial charge >= 0.3 is 0 Å². The zero-order valence-corrected chi connectivity index (χ0v) is 10.3. The van der Waals surface area contributed by atoms with Gasteiger partial charge in [0, 0.05) is 18.9 Å². The average molecular weight is 245 g/mol. The lowest BCUT2D eigenvalue weighted by atomic mass is 10.00. The summed E-state index contributed by atoms with van der Waals surface area (Å²) in [5.41, 5.74) is 1.01.